The van der Waals surface area contributed by atoms with E-state index in [4.69, 9.17) is 18.9 Å². The monoisotopic (exact) mass is 438 g/mol. The largest absolute Gasteiger partial charge is 0.497 e. The number of hydrogen-bond donors (Lipinski definition) is 0. The summed E-state index contributed by atoms with van der Waals surface area (Å²) in [6, 6.07) is 10.3. The lowest BCUT2D eigenvalue weighted by Crippen LogP contribution is -2.17. The molecule has 3 aromatic rings. The molecule has 0 fully saturated rings. The van der Waals surface area contributed by atoms with E-state index in [0.29, 0.717) is 47.0 Å². The van der Waals surface area contributed by atoms with Crippen molar-refractivity contribution in [1.29, 1.82) is 0 Å². The molecule has 0 atom stereocenters. The summed E-state index contributed by atoms with van der Waals surface area (Å²) >= 11 is 0. The van der Waals surface area contributed by atoms with Gasteiger partial charge in [-0.25, -0.2) is 4.79 Å². The third-order valence-corrected chi connectivity index (χ3v) is 5.65. The Morgan fingerprint density at radius 1 is 1.00 bits per heavy atom. The molecule has 9 nitrogen and oxygen atoms in total. The van der Waals surface area contributed by atoms with Crippen molar-refractivity contribution in [3.05, 3.63) is 57.8 Å². The number of carbonyl (C=O) groups excluding carboxylic acids is 1. The van der Waals surface area contributed by atoms with E-state index in [0.717, 1.165) is 5.56 Å². The number of aryl methyl sites for hydroxylation is 1. The second-order valence-electron chi connectivity index (χ2n) is 7.16. The van der Waals surface area contributed by atoms with Crippen LogP contribution >= 0.6 is 0 Å². The molecule has 1 aromatic heterocycles. The summed E-state index contributed by atoms with van der Waals surface area (Å²) in [6.07, 6.45) is 0.556. The van der Waals surface area contributed by atoms with Crippen molar-refractivity contribution in [3.63, 3.8) is 0 Å². The van der Waals surface area contributed by atoms with Crippen molar-refractivity contribution in [2.45, 2.75) is 13.0 Å². The number of methoxy groups -OCH3 is 4. The van der Waals surface area contributed by atoms with Crippen LogP contribution < -0.4 is 14.2 Å². The number of fused-ring (bicyclic) bond motifs is 3. The van der Waals surface area contributed by atoms with Crippen LogP contribution in [-0.4, -0.2) is 43.9 Å². The molecule has 0 saturated heterocycles. The summed E-state index contributed by atoms with van der Waals surface area (Å²) < 4.78 is 22.7. The summed E-state index contributed by atoms with van der Waals surface area (Å²) in [5.41, 5.74) is 2.52. The Labute approximate surface area is 184 Å². The summed E-state index contributed by atoms with van der Waals surface area (Å²) in [5.74, 6) is 0.939. The molecule has 166 valence electrons. The Balaban J connectivity index is 2.08. The number of carbonyl (C=O) groups is 1. The van der Waals surface area contributed by atoms with Gasteiger partial charge >= 0.3 is 11.7 Å². The number of hydrogen-bond acceptors (Lipinski definition) is 7. The van der Waals surface area contributed by atoms with Crippen molar-refractivity contribution in [2.75, 3.05) is 28.4 Å². The van der Waals surface area contributed by atoms with Crippen molar-refractivity contribution in [3.8, 4) is 39.6 Å². The lowest BCUT2D eigenvalue weighted by Gasteiger charge is -2.22. The predicted molar refractivity (Wildman–Crippen MR) is 117 cm³/mol. The van der Waals surface area contributed by atoms with Crippen LogP contribution in [0.4, 0.5) is 5.69 Å². The maximum atomic E-state index is 12.8. The Bertz CT molecular complexity index is 1210. The lowest BCUT2D eigenvalue weighted by molar-refractivity contribution is -0.383. The first kappa shape index (κ1) is 21.2. The minimum atomic E-state index is -0.644. The number of nitro groups is 1. The highest BCUT2D eigenvalue weighted by molar-refractivity contribution is 6.03. The molecule has 0 unspecified atom stereocenters. The molecule has 1 aliphatic heterocycles. The third-order valence-electron chi connectivity index (χ3n) is 5.65. The van der Waals surface area contributed by atoms with Crippen molar-refractivity contribution < 1.29 is 28.7 Å². The molecule has 4 rings (SSSR count). The van der Waals surface area contributed by atoms with Crippen LogP contribution in [0.3, 0.4) is 0 Å². The van der Waals surface area contributed by atoms with Crippen molar-refractivity contribution in [1.82, 2.24) is 4.57 Å². The number of ether oxygens (including phenoxy) is 4. The Hall–Kier alpha value is -4.01. The number of aromatic nitrogens is 1. The maximum absolute atomic E-state index is 12.8. The van der Waals surface area contributed by atoms with Gasteiger partial charge < -0.3 is 23.5 Å². The molecule has 0 saturated carbocycles. The van der Waals surface area contributed by atoms with E-state index in [1.807, 2.05) is 6.07 Å². The molecule has 2 heterocycles. The van der Waals surface area contributed by atoms with Gasteiger partial charge in [0.2, 0.25) is 0 Å². The topological polar surface area (TPSA) is 102 Å². The number of rotatable bonds is 6. The van der Waals surface area contributed by atoms with Gasteiger partial charge in [0.15, 0.2) is 11.5 Å². The van der Waals surface area contributed by atoms with Gasteiger partial charge in [-0.2, -0.15) is 0 Å². The van der Waals surface area contributed by atoms with Gasteiger partial charge in [0.25, 0.3) is 0 Å². The zero-order valence-corrected chi connectivity index (χ0v) is 18.1. The van der Waals surface area contributed by atoms with E-state index in [1.165, 1.54) is 28.4 Å². The fourth-order valence-corrected chi connectivity index (χ4v) is 4.20. The van der Waals surface area contributed by atoms with Crippen LogP contribution in [-0.2, 0) is 17.7 Å². The molecule has 0 aliphatic carbocycles. The summed E-state index contributed by atoms with van der Waals surface area (Å²) in [7, 11) is 5.84. The lowest BCUT2D eigenvalue weighted by atomic mass is 9.96. The molecule has 0 spiro atoms. The summed E-state index contributed by atoms with van der Waals surface area (Å²) in [4.78, 5) is 24.7. The van der Waals surface area contributed by atoms with E-state index in [2.05, 4.69) is 0 Å². The van der Waals surface area contributed by atoms with E-state index in [9.17, 15) is 14.9 Å². The van der Waals surface area contributed by atoms with Crippen LogP contribution in [0.5, 0.6) is 17.2 Å². The molecule has 2 aromatic carbocycles. The van der Waals surface area contributed by atoms with Gasteiger partial charge in [0.1, 0.15) is 17.1 Å². The van der Waals surface area contributed by atoms with Gasteiger partial charge in [-0.15, -0.1) is 0 Å². The zero-order valence-electron chi connectivity index (χ0n) is 18.1. The second-order valence-corrected chi connectivity index (χ2v) is 7.16. The Kier molecular flexibility index (Phi) is 5.48. The minimum Gasteiger partial charge on any atom is -0.497 e. The second kappa shape index (κ2) is 8.26. The predicted octanol–water partition coefficient (Wildman–Crippen LogP) is 4.10. The van der Waals surface area contributed by atoms with Crippen LogP contribution in [0.15, 0.2) is 36.4 Å². The quantitative estimate of drug-likeness (QED) is 0.324. The summed E-state index contributed by atoms with van der Waals surface area (Å²) in [5, 5.41) is 12.4. The van der Waals surface area contributed by atoms with Crippen LogP contribution in [0.2, 0.25) is 0 Å². The standard InChI is InChI=1S/C23H22N2O7/c1-29-15-7-5-13(6-8-15)19-21(25(27)28)20-16-12-18(31-3)17(30-2)11-14(16)9-10-24(20)22(19)23(26)32-4/h5-8,11-12H,9-10H2,1-4H3. The molecule has 0 radical (unpaired) electrons. The number of benzene rings is 2. The molecule has 0 N–H and O–H groups in total. The van der Waals surface area contributed by atoms with Gasteiger partial charge in [0.05, 0.1) is 38.9 Å². The van der Waals surface area contributed by atoms with Crippen molar-refractivity contribution >= 4 is 11.7 Å². The average molecular weight is 438 g/mol. The van der Waals surface area contributed by atoms with E-state index in [-0.39, 0.29) is 16.9 Å². The van der Waals surface area contributed by atoms with Crippen LogP contribution in [0, 0.1) is 10.1 Å². The molecule has 0 amide bonds. The molecule has 1 aliphatic rings. The fourth-order valence-electron chi connectivity index (χ4n) is 4.20. The Morgan fingerprint density at radius 2 is 1.66 bits per heavy atom. The fraction of sp³-hybridized carbons (Fsp3) is 0.261. The van der Waals surface area contributed by atoms with Crippen LogP contribution in [0.1, 0.15) is 16.1 Å². The number of esters is 1. The van der Waals surface area contributed by atoms with E-state index >= 15 is 0 Å². The highest BCUT2D eigenvalue weighted by Gasteiger charge is 2.39. The third kappa shape index (κ3) is 3.22. The smallest absolute Gasteiger partial charge is 0.355 e. The molecular formula is C23H22N2O7. The molecule has 0 bridgehead atoms. The number of nitrogens with zero attached hydrogens (tertiary/aromatic N) is 2. The van der Waals surface area contributed by atoms with Gasteiger partial charge in [0, 0.05) is 12.1 Å². The van der Waals surface area contributed by atoms with Gasteiger partial charge in [-0.1, -0.05) is 12.1 Å². The van der Waals surface area contributed by atoms with Crippen molar-refractivity contribution in [2.24, 2.45) is 0 Å². The molecular weight excluding hydrogens is 416 g/mol. The zero-order chi connectivity index (χ0) is 23.0. The SMILES string of the molecule is COC(=O)c1c(-c2ccc(OC)cc2)c([N+](=O)[O-])c2n1CCc1cc(OC)c(OC)cc1-2. The minimum absolute atomic E-state index is 0.139. The van der Waals surface area contributed by atoms with Gasteiger partial charge in [-0.05, 0) is 41.8 Å². The first-order valence-electron chi connectivity index (χ1n) is 9.84. The van der Waals surface area contributed by atoms with Gasteiger partial charge in [-0.3, -0.25) is 10.1 Å². The highest BCUT2D eigenvalue weighted by Crippen LogP contribution is 2.49. The van der Waals surface area contributed by atoms with E-state index in [1.54, 1.807) is 34.9 Å². The van der Waals surface area contributed by atoms with E-state index < -0.39 is 10.9 Å². The first-order chi connectivity index (χ1) is 15.4. The summed E-state index contributed by atoms with van der Waals surface area (Å²) in [6.45, 7) is 0.374. The molecule has 32 heavy (non-hydrogen) atoms. The maximum Gasteiger partial charge on any atom is 0.355 e. The normalized spacial score (nSPS) is 11.9. The molecule has 9 heteroatoms. The Morgan fingerprint density at radius 3 is 2.22 bits per heavy atom. The first-order valence-corrected chi connectivity index (χ1v) is 9.84. The highest BCUT2D eigenvalue weighted by atomic mass is 16.6. The van der Waals surface area contributed by atoms with Crippen LogP contribution in [0.25, 0.3) is 22.4 Å². The average Bonchev–Trinajstić information content (AvgIpc) is 3.18.